The van der Waals surface area contributed by atoms with E-state index in [1.165, 1.54) is 0 Å². The van der Waals surface area contributed by atoms with E-state index in [2.05, 4.69) is 4.85 Å². The van der Waals surface area contributed by atoms with Crippen LogP contribution in [0.1, 0.15) is 12.0 Å². The van der Waals surface area contributed by atoms with Gasteiger partial charge < -0.3 is 0 Å². The van der Waals surface area contributed by atoms with Crippen molar-refractivity contribution in [1.82, 2.24) is 4.90 Å². The maximum Gasteiger partial charge on any atom is 0.261 e. The van der Waals surface area contributed by atoms with Crippen LogP contribution < -0.4 is 0 Å². The van der Waals surface area contributed by atoms with Crippen molar-refractivity contribution in [3.8, 4) is 0 Å². The zero-order chi connectivity index (χ0) is 11.6. The minimum absolute atomic E-state index is 0.0485. The Bertz CT molecular complexity index is 406. The maximum atomic E-state index is 12.9. The summed E-state index contributed by atoms with van der Waals surface area (Å²) in [6.45, 7) is 7.63. The quantitative estimate of drug-likeness (QED) is 0.698. The molecule has 0 amide bonds. The molecule has 16 heavy (non-hydrogen) atoms. The highest BCUT2D eigenvalue weighted by molar-refractivity contribution is 5.45. The fourth-order valence-corrected chi connectivity index (χ4v) is 1.88. The average Bonchev–Trinajstić information content (AvgIpc) is 2.59. The van der Waals surface area contributed by atoms with E-state index in [4.69, 9.17) is 6.57 Å². The van der Waals surface area contributed by atoms with Crippen LogP contribution in [0, 0.1) is 6.57 Å². The monoisotopic (exact) mass is 222 g/mol. The third-order valence-corrected chi connectivity index (χ3v) is 2.72. The molecule has 2 nitrogen and oxygen atoms in total. The lowest BCUT2D eigenvalue weighted by Crippen LogP contribution is -2.24. The summed E-state index contributed by atoms with van der Waals surface area (Å²) in [5.74, 6) is -2.53. The number of likely N-dealkylation sites (tertiary alicyclic amines) is 1. The van der Waals surface area contributed by atoms with Gasteiger partial charge in [0.05, 0.1) is 13.1 Å². The summed E-state index contributed by atoms with van der Waals surface area (Å²) in [6.07, 6.45) is -0.0485. The van der Waals surface area contributed by atoms with Crippen molar-refractivity contribution < 1.29 is 8.78 Å². The lowest BCUT2D eigenvalue weighted by molar-refractivity contribution is 0.0115. The molecule has 4 heteroatoms. The van der Waals surface area contributed by atoms with E-state index >= 15 is 0 Å². The van der Waals surface area contributed by atoms with Crippen LogP contribution in [0.2, 0.25) is 0 Å². The Morgan fingerprint density at radius 3 is 2.50 bits per heavy atom. The van der Waals surface area contributed by atoms with Gasteiger partial charge in [-0.1, -0.05) is 24.3 Å². The van der Waals surface area contributed by atoms with Gasteiger partial charge in [-0.2, -0.15) is 0 Å². The Kier molecular flexibility index (Phi) is 2.88. The van der Waals surface area contributed by atoms with Crippen molar-refractivity contribution in [1.29, 1.82) is 0 Å². The van der Waals surface area contributed by atoms with E-state index in [1.807, 2.05) is 12.1 Å². The van der Waals surface area contributed by atoms with Crippen LogP contribution in [0.3, 0.4) is 0 Å². The van der Waals surface area contributed by atoms with Gasteiger partial charge in [-0.15, -0.1) is 0 Å². The number of hydrogen-bond donors (Lipinski definition) is 0. The number of nitrogens with zero attached hydrogens (tertiary/aromatic N) is 2. The Hall–Kier alpha value is -1.47. The zero-order valence-electron chi connectivity index (χ0n) is 8.79. The molecule has 0 aromatic heterocycles. The SMILES string of the molecule is [C-]#[N+]c1ccc(CN2CCC(F)(F)C2)cc1. The fourth-order valence-electron chi connectivity index (χ4n) is 1.88. The van der Waals surface area contributed by atoms with Crippen LogP contribution in [-0.2, 0) is 6.54 Å². The Morgan fingerprint density at radius 1 is 1.31 bits per heavy atom. The number of hydrogen-bond acceptors (Lipinski definition) is 1. The second-order valence-corrected chi connectivity index (χ2v) is 4.09. The molecule has 0 unspecified atom stereocenters. The van der Waals surface area contributed by atoms with Gasteiger partial charge in [0, 0.05) is 19.5 Å². The first-order chi connectivity index (χ1) is 7.59. The van der Waals surface area contributed by atoms with Crippen LogP contribution in [0.15, 0.2) is 24.3 Å². The summed E-state index contributed by atoms with van der Waals surface area (Å²) in [7, 11) is 0. The minimum atomic E-state index is -2.53. The highest BCUT2D eigenvalue weighted by atomic mass is 19.3. The molecule has 1 aromatic carbocycles. The fraction of sp³-hybridized carbons (Fsp3) is 0.417. The van der Waals surface area contributed by atoms with Gasteiger partial charge >= 0.3 is 0 Å². The first kappa shape index (κ1) is 11.0. The number of benzene rings is 1. The maximum absolute atomic E-state index is 12.9. The van der Waals surface area contributed by atoms with Crippen molar-refractivity contribution in [2.24, 2.45) is 0 Å². The molecule has 84 valence electrons. The molecular weight excluding hydrogens is 210 g/mol. The van der Waals surface area contributed by atoms with E-state index in [0.29, 0.717) is 18.8 Å². The lowest BCUT2D eigenvalue weighted by Gasteiger charge is -2.15. The summed E-state index contributed by atoms with van der Waals surface area (Å²) in [5.41, 5.74) is 1.56. The Morgan fingerprint density at radius 2 is 2.00 bits per heavy atom. The first-order valence-corrected chi connectivity index (χ1v) is 5.16. The summed E-state index contributed by atoms with van der Waals surface area (Å²) in [6, 6.07) is 7.08. The second kappa shape index (κ2) is 4.18. The van der Waals surface area contributed by atoms with Crippen molar-refractivity contribution in [2.75, 3.05) is 13.1 Å². The van der Waals surface area contributed by atoms with Crippen LogP contribution in [-0.4, -0.2) is 23.9 Å². The van der Waals surface area contributed by atoms with Gasteiger partial charge in [0.1, 0.15) is 0 Å². The van der Waals surface area contributed by atoms with Crippen molar-refractivity contribution in [3.05, 3.63) is 41.2 Å². The smallest absolute Gasteiger partial charge is 0.261 e. The molecule has 2 rings (SSSR count). The Balaban J connectivity index is 1.97. The van der Waals surface area contributed by atoms with Crippen molar-refractivity contribution >= 4 is 5.69 Å². The van der Waals surface area contributed by atoms with Crippen molar-refractivity contribution in [3.63, 3.8) is 0 Å². The normalized spacial score (nSPS) is 19.6. The summed E-state index contributed by atoms with van der Waals surface area (Å²) in [4.78, 5) is 5.03. The topological polar surface area (TPSA) is 7.60 Å². The Labute approximate surface area is 93.3 Å². The van der Waals surface area contributed by atoms with E-state index < -0.39 is 5.92 Å². The van der Waals surface area contributed by atoms with Gasteiger partial charge in [0.15, 0.2) is 5.69 Å². The number of halogens is 2. The van der Waals surface area contributed by atoms with Gasteiger partial charge in [-0.05, 0) is 5.56 Å². The molecule has 0 N–H and O–H groups in total. The van der Waals surface area contributed by atoms with E-state index in [1.54, 1.807) is 17.0 Å². The standard InChI is InChI=1S/C12H12F2N2/c1-15-11-4-2-10(3-5-11)8-16-7-6-12(13,14)9-16/h2-5H,6-9H2. The summed E-state index contributed by atoms with van der Waals surface area (Å²) in [5, 5.41) is 0. The molecule has 1 aromatic rings. The average molecular weight is 222 g/mol. The molecule has 0 bridgehead atoms. The molecule has 1 saturated heterocycles. The molecule has 0 spiro atoms. The predicted octanol–water partition coefficient (Wildman–Crippen LogP) is 3.08. The van der Waals surface area contributed by atoms with Gasteiger partial charge in [0.25, 0.3) is 5.92 Å². The minimum Gasteiger partial charge on any atom is -0.293 e. The van der Waals surface area contributed by atoms with Crippen LogP contribution in [0.25, 0.3) is 4.85 Å². The summed E-state index contributed by atoms with van der Waals surface area (Å²) < 4.78 is 25.9. The van der Waals surface area contributed by atoms with E-state index in [0.717, 1.165) is 5.56 Å². The molecular formula is C12H12F2N2. The highest BCUT2D eigenvalue weighted by Gasteiger charge is 2.37. The van der Waals surface area contributed by atoms with Crippen LogP contribution in [0.4, 0.5) is 14.5 Å². The molecule has 0 atom stereocenters. The largest absolute Gasteiger partial charge is 0.293 e. The molecule has 0 aliphatic carbocycles. The number of alkyl halides is 2. The predicted molar refractivity (Wildman–Crippen MR) is 57.5 cm³/mol. The number of rotatable bonds is 2. The third kappa shape index (κ3) is 2.56. The molecule has 0 radical (unpaired) electrons. The lowest BCUT2D eigenvalue weighted by atomic mass is 10.2. The van der Waals surface area contributed by atoms with Gasteiger partial charge in [-0.3, -0.25) is 4.90 Å². The van der Waals surface area contributed by atoms with Gasteiger partial charge in [0.2, 0.25) is 0 Å². The summed E-state index contributed by atoms with van der Waals surface area (Å²) >= 11 is 0. The molecule has 1 aliphatic rings. The van der Waals surface area contributed by atoms with Crippen LogP contribution in [0.5, 0.6) is 0 Å². The molecule has 1 heterocycles. The van der Waals surface area contributed by atoms with Crippen molar-refractivity contribution in [2.45, 2.75) is 18.9 Å². The highest BCUT2D eigenvalue weighted by Crippen LogP contribution is 2.28. The molecule has 1 aliphatic heterocycles. The van der Waals surface area contributed by atoms with E-state index in [9.17, 15) is 8.78 Å². The zero-order valence-corrected chi connectivity index (χ0v) is 8.79. The molecule has 0 saturated carbocycles. The second-order valence-electron chi connectivity index (χ2n) is 4.09. The molecule has 1 fully saturated rings. The van der Waals surface area contributed by atoms with Crippen LogP contribution >= 0.6 is 0 Å². The van der Waals surface area contributed by atoms with E-state index in [-0.39, 0.29) is 13.0 Å². The first-order valence-electron chi connectivity index (χ1n) is 5.16. The van der Waals surface area contributed by atoms with Gasteiger partial charge in [-0.25, -0.2) is 13.6 Å². The third-order valence-electron chi connectivity index (χ3n) is 2.72.